The fraction of sp³-hybridized carbons (Fsp3) is 0.674. The Hall–Kier alpha value is -2.51. The molecule has 1 N–H and O–H groups in total. The summed E-state index contributed by atoms with van der Waals surface area (Å²) < 4.78 is 31.9. The van der Waals surface area contributed by atoms with Gasteiger partial charge in [0, 0.05) is 20.0 Å². The van der Waals surface area contributed by atoms with E-state index in [9.17, 15) is 19.0 Å². The predicted molar refractivity (Wildman–Crippen MR) is 216 cm³/mol. The summed E-state index contributed by atoms with van der Waals surface area (Å²) in [6, 6.07) is 0. The Morgan fingerprint density at radius 1 is 0.558 bits per heavy atom. The number of carbonyl (C=O) groups excluding carboxylic acids is 2. The highest BCUT2D eigenvalue weighted by Gasteiger charge is 2.24. The van der Waals surface area contributed by atoms with Gasteiger partial charge in [-0.25, -0.2) is 4.57 Å². The molecule has 298 valence electrons. The van der Waals surface area contributed by atoms with Crippen LogP contribution >= 0.6 is 7.82 Å². The van der Waals surface area contributed by atoms with Crippen LogP contribution in [-0.4, -0.2) is 43.3 Å². The summed E-state index contributed by atoms with van der Waals surface area (Å²) >= 11 is 0. The molecule has 0 aliphatic rings. The summed E-state index contributed by atoms with van der Waals surface area (Å²) in [5, 5.41) is 0. The largest absolute Gasteiger partial charge is 0.472 e. The molecule has 2 unspecified atom stereocenters. The second kappa shape index (κ2) is 38.2. The quantitative estimate of drug-likeness (QED) is 0.0292. The van der Waals surface area contributed by atoms with Crippen molar-refractivity contribution in [2.75, 3.05) is 20.3 Å². The van der Waals surface area contributed by atoms with Crippen molar-refractivity contribution >= 4 is 19.8 Å². The lowest BCUT2D eigenvalue weighted by Gasteiger charge is -2.19. The molecule has 0 aliphatic heterocycles. The van der Waals surface area contributed by atoms with Crippen LogP contribution in [0.25, 0.3) is 0 Å². The van der Waals surface area contributed by atoms with Gasteiger partial charge in [-0.15, -0.1) is 0 Å². The molecule has 0 heterocycles. The summed E-state index contributed by atoms with van der Waals surface area (Å²) in [4.78, 5) is 34.4. The number of phosphoric ester groups is 1. The Bertz CT molecular complexity index is 1080. The van der Waals surface area contributed by atoms with E-state index in [-0.39, 0.29) is 19.4 Å². The number of hydrogen-bond acceptors (Lipinski definition) is 7. The van der Waals surface area contributed by atoms with Gasteiger partial charge in [0.15, 0.2) is 6.10 Å². The van der Waals surface area contributed by atoms with E-state index in [1.54, 1.807) is 0 Å². The third-order valence-corrected chi connectivity index (χ3v) is 9.12. The van der Waals surface area contributed by atoms with Crippen molar-refractivity contribution in [3.63, 3.8) is 0 Å². The molecule has 8 nitrogen and oxygen atoms in total. The van der Waals surface area contributed by atoms with Crippen LogP contribution in [0.15, 0.2) is 72.9 Å². The van der Waals surface area contributed by atoms with Crippen LogP contribution in [0.1, 0.15) is 162 Å². The second-order valence-electron chi connectivity index (χ2n) is 13.0. The number of esters is 2. The number of allylic oxidation sites excluding steroid dienone is 12. The Labute approximate surface area is 317 Å². The highest BCUT2D eigenvalue weighted by atomic mass is 31.2. The van der Waals surface area contributed by atoms with Gasteiger partial charge in [-0.2, -0.15) is 0 Å². The molecule has 0 aromatic heterocycles. The molecular weight excluding hydrogens is 675 g/mol. The third kappa shape index (κ3) is 37.3. The van der Waals surface area contributed by atoms with Crippen molar-refractivity contribution in [1.82, 2.24) is 0 Å². The normalized spacial score (nSPS) is 14.2. The lowest BCUT2D eigenvalue weighted by Crippen LogP contribution is -2.29. The minimum Gasteiger partial charge on any atom is -0.462 e. The zero-order chi connectivity index (χ0) is 38.2. The van der Waals surface area contributed by atoms with Gasteiger partial charge in [-0.1, -0.05) is 138 Å². The highest BCUT2D eigenvalue weighted by molar-refractivity contribution is 7.47. The molecule has 0 saturated carbocycles. The van der Waals surface area contributed by atoms with Gasteiger partial charge in [0.2, 0.25) is 0 Å². The van der Waals surface area contributed by atoms with Gasteiger partial charge >= 0.3 is 19.8 Å². The number of unbranched alkanes of at least 4 members (excludes halogenated alkanes) is 13. The maximum atomic E-state index is 12.5. The van der Waals surface area contributed by atoms with Crippen LogP contribution in [0.5, 0.6) is 0 Å². The molecule has 0 saturated heterocycles. The molecule has 0 rings (SSSR count). The molecule has 0 radical (unpaired) electrons. The molecule has 9 heteroatoms. The van der Waals surface area contributed by atoms with Crippen molar-refractivity contribution in [2.24, 2.45) is 0 Å². The number of phosphoric acid groups is 1. The third-order valence-electron chi connectivity index (χ3n) is 8.18. The molecule has 0 spiro atoms. The Morgan fingerprint density at radius 3 is 1.50 bits per heavy atom. The van der Waals surface area contributed by atoms with E-state index in [1.807, 2.05) is 0 Å². The van der Waals surface area contributed by atoms with Crippen LogP contribution in [0.3, 0.4) is 0 Å². The molecule has 0 aromatic carbocycles. The van der Waals surface area contributed by atoms with E-state index >= 15 is 0 Å². The first kappa shape index (κ1) is 49.5. The van der Waals surface area contributed by atoms with Crippen LogP contribution in [0, 0.1) is 0 Å². The van der Waals surface area contributed by atoms with E-state index in [1.165, 1.54) is 38.5 Å². The average Bonchev–Trinajstić information content (AvgIpc) is 3.13. The van der Waals surface area contributed by atoms with E-state index < -0.39 is 32.5 Å². The topological polar surface area (TPSA) is 108 Å². The summed E-state index contributed by atoms with van der Waals surface area (Å²) in [6.45, 7) is 3.71. The van der Waals surface area contributed by atoms with Gasteiger partial charge < -0.3 is 14.4 Å². The lowest BCUT2D eigenvalue weighted by molar-refractivity contribution is -0.161. The summed E-state index contributed by atoms with van der Waals surface area (Å²) in [6.07, 6.45) is 48.1. The van der Waals surface area contributed by atoms with Crippen LogP contribution in [-0.2, 0) is 32.7 Å². The van der Waals surface area contributed by atoms with E-state index in [0.29, 0.717) is 6.42 Å². The SMILES string of the molecule is CC/C=C\C/C=C\C/C=C\C/C=C\C/C=C\CCCCCC(=O)OC(COC(=O)CCCCCCC/C=C\CCCCCCC)COP(=O)(O)OC. The highest BCUT2D eigenvalue weighted by Crippen LogP contribution is 2.42. The van der Waals surface area contributed by atoms with E-state index in [2.05, 4.69) is 91.3 Å². The second-order valence-corrected chi connectivity index (χ2v) is 14.6. The van der Waals surface area contributed by atoms with Gasteiger partial charge in [-0.3, -0.25) is 18.6 Å². The molecule has 0 fully saturated rings. The minimum atomic E-state index is -4.27. The van der Waals surface area contributed by atoms with Crippen molar-refractivity contribution in [1.29, 1.82) is 0 Å². The lowest BCUT2D eigenvalue weighted by atomic mass is 10.1. The minimum absolute atomic E-state index is 0.200. The van der Waals surface area contributed by atoms with Gasteiger partial charge in [0.1, 0.15) is 6.61 Å². The fourth-order valence-electron chi connectivity index (χ4n) is 5.09. The summed E-state index contributed by atoms with van der Waals surface area (Å²) in [7, 11) is -3.22. The zero-order valence-corrected chi connectivity index (χ0v) is 33.8. The maximum Gasteiger partial charge on any atom is 0.472 e. The zero-order valence-electron chi connectivity index (χ0n) is 32.9. The van der Waals surface area contributed by atoms with Crippen LogP contribution < -0.4 is 0 Å². The smallest absolute Gasteiger partial charge is 0.462 e. The van der Waals surface area contributed by atoms with Gasteiger partial charge in [0.25, 0.3) is 0 Å². The monoisotopic (exact) mass is 749 g/mol. The molecule has 52 heavy (non-hydrogen) atoms. The predicted octanol–water partition coefficient (Wildman–Crippen LogP) is 12.6. The first-order valence-corrected chi connectivity index (χ1v) is 21.6. The first-order valence-electron chi connectivity index (χ1n) is 20.1. The van der Waals surface area contributed by atoms with Crippen LogP contribution in [0.2, 0.25) is 0 Å². The molecule has 0 bridgehead atoms. The van der Waals surface area contributed by atoms with Gasteiger partial charge in [-0.05, 0) is 83.5 Å². The fourth-order valence-corrected chi connectivity index (χ4v) is 5.55. The summed E-state index contributed by atoms with van der Waals surface area (Å²) in [5.74, 6) is -0.858. The van der Waals surface area contributed by atoms with Crippen LogP contribution in [0.4, 0.5) is 0 Å². The number of ether oxygens (including phenoxy) is 2. The summed E-state index contributed by atoms with van der Waals surface area (Å²) in [5.41, 5.74) is 0. The molecular formula is C43H73O8P. The Kier molecular flexibility index (Phi) is 36.4. The Balaban J connectivity index is 4.14. The van der Waals surface area contributed by atoms with E-state index in [4.69, 9.17) is 14.0 Å². The number of carbonyl (C=O) groups is 2. The van der Waals surface area contributed by atoms with Gasteiger partial charge in [0.05, 0.1) is 6.61 Å². The molecule has 0 aromatic rings. The number of hydrogen-bond donors (Lipinski definition) is 1. The van der Waals surface area contributed by atoms with Crippen molar-refractivity contribution in [3.05, 3.63) is 72.9 Å². The molecule has 0 aliphatic carbocycles. The van der Waals surface area contributed by atoms with Crippen molar-refractivity contribution in [2.45, 2.75) is 168 Å². The molecule has 2 atom stereocenters. The first-order chi connectivity index (χ1) is 25.3. The van der Waals surface area contributed by atoms with E-state index in [0.717, 1.165) is 97.0 Å². The number of rotatable bonds is 36. The standard InChI is InChI=1S/C43H73O8P/c1-4-6-8-10-12-14-16-18-20-21-22-23-24-26-28-30-32-34-36-38-43(45)51-41(40-50-52(46,47)48-3)39-49-42(44)37-35-33-31-29-27-25-19-17-15-13-11-9-7-5-2/h6,8,12,14,17-20,22-23,26,28,41H,4-5,7,9-11,13,15-16,21,24-25,27,29-40H2,1-3H3,(H,46,47)/b8-6-,14-12-,19-17-,20-18-,23-22-,28-26-. The maximum absolute atomic E-state index is 12.5. The Morgan fingerprint density at radius 2 is 0.981 bits per heavy atom. The molecule has 0 amide bonds. The van der Waals surface area contributed by atoms with Crippen molar-refractivity contribution in [3.8, 4) is 0 Å². The van der Waals surface area contributed by atoms with Crippen molar-refractivity contribution < 1.29 is 37.6 Å². The average molecular weight is 749 g/mol.